The van der Waals surface area contributed by atoms with Crippen LogP contribution in [0.25, 0.3) is 0 Å². The highest BCUT2D eigenvalue weighted by Gasteiger charge is 2.24. The van der Waals surface area contributed by atoms with E-state index in [1.165, 1.54) is 5.70 Å². The minimum Gasteiger partial charge on any atom is -0.382 e. The molecule has 1 fully saturated rings. The van der Waals surface area contributed by atoms with Gasteiger partial charge in [-0.15, -0.1) is 0 Å². The maximum Gasteiger partial charge on any atom is 0.139 e. The van der Waals surface area contributed by atoms with Crippen LogP contribution in [0.5, 0.6) is 0 Å². The van der Waals surface area contributed by atoms with Gasteiger partial charge in [0.15, 0.2) is 0 Å². The molecule has 0 atom stereocenters. The third kappa shape index (κ3) is 1.59. The van der Waals surface area contributed by atoms with Gasteiger partial charge in [-0.3, -0.25) is 4.79 Å². The number of allylic oxidation sites excluding steroid dienone is 1. The number of nitrogens with one attached hydrogen (secondary N) is 1. The highest BCUT2D eigenvalue weighted by atomic mass is 16.1. The largest absolute Gasteiger partial charge is 0.382 e. The lowest BCUT2D eigenvalue weighted by molar-refractivity contribution is -0.122. The zero-order valence-electron chi connectivity index (χ0n) is 6.69. The molecular weight excluding hydrogens is 126 g/mol. The third-order valence-corrected chi connectivity index (χ3v) is 1.82. The van der Waals surface area contributed by atoms with E-state index in [1.807, 2.05) is 19.9 Å². The van der Waals surface area contributed by atoms with Crippen molar-refractivity contribution < 1.29 is 4.79 Å². The second-order valence-corrected chi connectivity index (χ2v) is 3.30. The maximum absolute atomic E-state index is 11.0. The molecule has 2 heteroatoms. The van der Waals surface area contributed by atoms with Crippen LogP contribution in [0.1, 0.15) is 20.8 Å². The van der Waals surface area contributed by atoms with Crippen molar-refractivity contribution in [2.24, 2.45) is 5.41 Å². The maximum atomic E-state index is 11.0. The van der Waals surface area contributed by atoms with Crippen LogP contribution in [0.3, 0.4) is 0 Å². The second-order valence-electron chi connectivity index (χ2n) is 3.30. The highest BCUT2D eigenvalue weighted by Crippen LogP contribution is 2.22. The first-order valence-electron chi connectivity index (χ1n) is 3.49. The monoisotopic (exact) mass is 139 g/mol. The zero-order valence-corrected chi connectivity index (χ0v) is 6.69. The van der Waals surface area contributed by atoms with E-state index in [9.17, 15) is 4.79 Å². The van der Waals surface area contributed by atoms with Gasteiger partial charge < -0.3 is 5.32 Å². The molecule has 1 heterocycles. The SMILES string of the molecule is CC(=O)C(C)(C)/C=C1/CN1. The van der Waals surface area contributed by atoms with Crippen molar-refractivity contribution in [2.75, 3.05) is 6.54 Å². The molecule has 1 saturated heterocycles. The number of hydrogen-bond acceptors (Lipinski definition) is 2. The Balaban J connectivity index is 2.67. The minimum absolute atomic E-state index is 0.216. The quantitative estimate of drug-likeness (QED) is 0.581. The van der Waals surface area contributed by atoms with E-state index in [-0.39, 0.29) is 11.2 Å². The van der Waals surface area contributed by atoms with Crippen molar-refractivity contribution in [3.8, 4) is 0 Å². The molecule has 1 rings (SSSR count). The highest BCUT2D eigenvalue weighted by molar-refractivity contribution is 5.83. The van der Waals surface area contributed by atoms with Gasteiger partial charge in [0.25, 0.3) is 0 Å². The molecule has 0 aromatic rings. The van der Waals surface area contributed by atoms with E-state index >= 15 is 0 Å². The summed E-state index contributed by atoms with van der Waals surface area (Å²) < 4.78 is 0. The number of carbonyl (C=O) groups excluding carboxylic acids is 1. The summed E-state index contributed by atoms with van der Waals surface area (Å²) in [6.45, 7) is 6.45. The molecule has 1 aliphatic rings. The van der Waals surface area contributed by atoms with Crippen molar-refractivity contribution in [1.82, 2.24) is 5.32 Å². The number of carbonyl (C=O) groups is 1. The van der Waals surface area contributed by atoms with Crippen molar-refractivity contribution in [3.05, 3.63) is 11.8 Å². The van der Waals surface area contributed by atoms with Crippen LogP contribution in [0, 0.1) is 5.41 Å². The van der Waals surface area contributed by atoms with Crippen LogP contribution in [0.15, 0.2) is 11.8 Å². The van der Waals surface area contributed by atoms with Crippen molar-refractivity contribution in [2.45, 2.75) is 20.8 Å². The summed E-state index contributed by atoms with van der Waals surface area (Å²) in [4.78, 5) is 11.0. The molecule has 0 spiro atoms. The van der Waals surface area contributed by atoms with E-state index in [0.29, 0.717) is 0 Å². The summed E-state index contributed by atoms with van der Waals surface area (Å²) in [6, 6.07) is 0. The van der Waals surface area contributed by atoms with E-state index in [4.69, 9.17) is 0 Å². The first-order chi connectivity index (χ1) is 4.52. The summed E-state index contributed by atoms with van der Waals surface area (Å²) in [5.74, 6) is 0.216. The molecule has 0 unspecified atom stereocenters. The predicted molar refractivity (Wildman–Crippen MR) is 40.5 cm³/mol. The van der Waals surface area contributed by atoms with E-state index in [1.54, 1.807) is 6.92 Å². The molecule has 56 valence electrons. The Morgan fingerprint density at radius 3 is 2.50 bits per heavy atom. The fourth-order valence-corrected chi connectivity index (χ4v) is 0.690. The van der Waals surface area contributed by atoms with Crippen molar-refractivity contribution in [1.29, 1.82) is 0 Å². The molecule has 10 heavy (non-hydrogen) atoms. The Morgan fingerprint density at radius 1 is 1.70 bits per heavy atom. The molecule has 0 radical (unpaired) electrons. The first kappa shape index (κ1) is 7.32. The second kappa shape index (κ2) is 2.11. The topological polar surface area (TPSA) is 39.0 Å². The molecule has 0 bridgehead atoms. The Kier molecular flexibility index (Phi) is 1.55. The van der Waals surface area contributed by atoms with E-state index < -0.39 is 0 Å². The van der Waals surface area contributed by atoms with Gasteiger partial charge in [0.2, 0.25) is 0 Å². The van der Waals surface area contributed by atoms with Gasteiger partial charge in [0, 0.05) is 11.1 Å². The molecule has 0 aliphatic carbocycles. The van der Waals surface area contributed by atoms with Crippen LogP contribution in [-0.4, -0.2) is 12.3 Å². The Labute approximate surface area is 61.3 Å². The lowest BCUT2D eigenvalue weighted by Crippen LogP contribution is -2.18. The molecule has 0 aromatic carbocycles. The lowest BCUT2D eigenvalue weighted by atomic mass is 9.89. The lowest BCUT2D eigenvalue weighted by Gasteiger charge is -2.14. The van der Waals surface area contributed by atoms with Crippen LogP contribution < -0.4 is 5.32 Å². The summed E-state index contributed by atoms with van der Waals surface area (Å²) in [5.41, 5.74) is 0.916. The average molecular weight is 139 g/mol. The Bertz CT molecular complexity index is 185. The van der Waals surface area contributed by atoms with Gasteiger partial charge in [0.05, 0.1) is 6.54 Å². The number of rotatable bonds is 2. The van der Waals surface area contributed by atoms with E-state index in [2.05, 4.69) is 5.32 Å². The van der Waals surface area contributed by atoms with Crippen molar-refractivity contribution in [3.63, 3.8) is 0 Å². The summed E-state index contributed by atoms with van der Waals surface area (Å²) in [6.07, 6.45) is 2.00. The third-order valence-electron chi connectivity index (χ3n) is 1.82. The molecule has 0 aromatic heterocycles. The number of Topliss-reactive ketones (excluding diaryl/α,β-unsaturated/α-hetero) is 1. The summed E-state index contributed by atoms with van der Waals surface area (Å²) in [5, 5.41) is 3.05. The van der Waals surface area contributed by atoms with Gasteiger partial charge in [-0.2, -0.15) is 0 Å². The predicted octanol–water partition coefficient (Wildman–Crippen LogP) is 1.09. The van der Waals surface area contributed by atoms with E-state index in [0.717, 1.165) is 6.54 Å². The fraction of sp³-hybridized carbons (Fsp3) is 0.625. The van der Waals surface area contributed by atoms with Gasteiger partial charge in [-0.1, -0.05) is 6.08 Å². The van der Waals surface area contributed by atoms with Gasteiger partial charge in [0.1, 0.15) is 5.78 Å². The standard InChI is InChI=1S/C8H13NO/c1-6(10)8(2,3)4-7-5-9-7/h4,9H,5H2,1-3H3/b7-4-. The van der Waals surface area contributed by atoms with Gasteiger partial charge in [-0.25, -0.2) is 0 Å². The molecule has 1 aliphatic heterocycles. The molecular formula is C8H13NO. The first-order valence-corrected chi connectivity index (χ1v) is 3.49. The fourth-order valence-electron chi connectivity index (χ4n) is 0.690. The van der Waals surface area contributed by atoms with Crippen molar-refractivity contribution >= 4 is 5.78 Å². The Morgan fingerprint density at radius 2 is 2.20 bits per heavy atom. The van der Waals surface area contributed by atoms with Crippen LogP contribution >= 0.6 is 0 Å². The van der Waals surface area contributed by atoms with Gasteiger partial charge >= 0.3 is 0 Å². The smallest absolute Gasteiger partial charge is 0.139 e. The number of ketones is 1. The van der Waals surface area contributed by atoms with Crippen LogP contribution in [0.2, 0.25) is 0 Å². The van der Waals surface area contributed by atoms with Crippen LogP contribution in [-0.2, 0) is 4.79 Å². The molecule has 0 amide bonds. The summed E-state index contributed by atoms with van der Waals surface area (Å²) in [7, 11) is 0. The molecule has 1 N–H and O–H groups in total. The minimum atomic E-state index is -0.279. The summed E-state index contributed by atoms with van der Waals surface area (Å²) >= 11 is 0. The molecule has 0 saturated carbocycles. The number of hydrogen-bond donors (Lipinski definition) is 1. The van der Waals surface area contributed by atoms with Gasteiger partial charge in [-0.05, 0) is 20.8 Å². The normalized spacial score (nSPS) is 20.5. The Hall–Kier alpha value is -0.790. The zero-order chi connectivity index (χ0) is 7.78. The van der Waals surface area contributed by atoms with Crippen LogP contribution in [0.4, 0.5) is 0 Å². The molecule has 2 nitrogen and oxygen atoms in total. The average Bonchev–Trinajstić information content (AvgIpc) is 2.48.